The summed E-state index contributed by atoms with van der Waals surface area (Å²) < 4.78 is 0. The van der Waals surface area contributed by atoms with E-state index in [-0.39, 0.29) is 18.4 Å². The summed E-state index contributed by atoms with van der Waals surface area (Å²) in [7, 11) is 0. The Kier molecular flexibility index (Phi) is 6.12. The standard InChI is InChI=1S/C26H25N5O2S/c1-17-3-2-4-18(9-17)19-13-30(14-19)20-5-6-24-23(10-20)22(7-8-28-24)26(33)29-12-25(32)31-16-34-15-21(31)11-27/h2-10,19,21H,12-16H2,1H3,(H,29,33)/t21-/m1/s1. The zero-order valence-electron chi connectivity index (χ0n) is 18.9. The molecule has 8 heteroatoms. The van der Waals surface area contributed by atoms with Crippen LogP contribution in [0.2, 0.25) is 0 Å². The van der Waals surface area contributed by atoms with Crippen LogP contribution in [0.5, 0.6) is 0 Å². The third kappa shape index (κ3) is 4.31. The van der Waals surface area contributed by atoms with E-state index in [1.54, 1.807) is 24.0 Å². The molecule has 3 heterocycles. The first-order valence-electron chi connectivity index (χ1n) is 11.3. The molecule has 0 bridgehead atoms. The number of thioether (sulfide) groups is 1. The molecule has 1 atom stereocenters. The third-order valence-corrected chi connectivity index (χ3v) is 7.49. The first-order chi connectivity index (χ1) is 16.5. The summed E-state index contributed by atoms with van der Waals surface area (Å²) in [4.78, 5) is 33.7. The van der Waals surface area contributed by atoms with Crippen molar-refractivity contribution in [2.24, 2.45) is 0 Å². The van der Waals surface area contributed by atoms with Gasteiger partial charge in [-0.25, -0.2) is 0 Å². The zero-order chi connectivity index (χ0) is 23.7. The number of rotatable bonds is 5. The maximum absolute atomic E-state index is 13.0. The fraction of sp³-hybridized carbons (Fsp3) is 0.308. The Morgan fingerprint density at radius 3 is 2.85 bits per heavy atom. The number of amides is 2. The van der Waals surface area contributed by atoms with Crippen LogP contribution in [0.4, 0.5) is 5.69 Å². The molecule has 0 aliphatic carbocycles. The number of fused-ring (bicyclic) bond motifs is 1. The second-order valence-electron chi connectivity index (χ2n) is 8.77. The van der Waals surface area contributed by atoms with Crippen molar-refractivity contribution >= 4 is 40.2 Å². The van der Waals surface area contributed by atoms with Gasteiger partial charge in [-0.2, -0.15) is 5.26 Å². The number of carbonyl (C=O) groups is 2. The lowest BCUT2D eigenvalue weighted by molar-refractivity contribution is -0.129. The summed E-state index contributed by atoms with van der Waals surface area (Å²) in [5.74, 6) is 1.02. The van der Waals surface area contributed by atoms with E-state index in [4.69, 9.17) is 0 Å². The number of pyridine rings is 1. The lowest BCUT2D eigenvalue weighted by Gasteiger charge is -2.41. The van der Waals surface area contributed by atoms with Crippen LogP contribution in [-0.4, -0.2) is 59.0 Å². The number of nitrogens with zero attached hydrogens (tertiary/aromatic N) is 4. The normalized spacial score (nSPS) is 17.9. The number of aryl methyl sites for hydroxylation is 1. The molecule has 2 aliphatic heterocycles. The second kappa shape index (κ2) is 9.35. The van der Waals surface area contributed by atoms with Gasteiger partial charge in [0.15, 0.2) is 0 Å². The number of anilines is 1. The van der Waals surface area contributed by atoms with E-state index >= 15 is 0 Å². The number of aromatic nitrogens is 1. The lowest BCUT2D eigenvalue weighted by Crippen LogP contribution is -2.45. The largest absolute Gasteiger partial charge is 0.370 e. The van der Waals surface area contributed by atoms with Crippen molar-refractivity contribution in [1.82, 2.24) is 15.2 Å². The van der Waals surface area contributed by atoms with Crippen molar-refractivity contribution in [3.8, 4) is 6.07 Å². The van der Waals surface area contributed by atoms with Gasteiger partial charge in [0, 0.05) is 42.0 Å². The highest BCUT2D eigenvalue weighted by Crippen LogP contribution is 2.33. The fourth-order valence-corrected chi connectivity index (χ4v) is 5.61. The van der Waals surface area contributed by atoms with Crippen LogP contribution in [0.25, 0.3) is 10.9 Å². The highest BCUT2D eigenvalue weighted by molar-refractivity contribution is 7.99. The van der Waals surface area contributed by atoms with Gasteiger partial charge in [0.05, 0.1) is 29.6 Å². The Morgan fingerprint density at radius 2 is 2.06 bits per heavy atom. The first-order valence-corrected chi connectivity index (χ1v) is 12.4. The number of hydrogen-bond acceptors (Lipinski definition) is 6. The molecule has 2 aromatic carbocycles. The van der Waals surface area contributed by atoms with E-state index in [1.807, 2.05) is 18.2 Å². The average molecular weight is 472 g/mol. The van der Waals surface area contributed by atoms with Crippen molar-refractivity contribution < 1.29 is 9.59 Å². The molecule has 2 fully saturated rings. The molecule has 172 valence electrons. The number of benzene rings is 2. The van der Waals surface area contributed by atoms with Crippen LogP contribution in [-0.2, 0) is 4.79 Å². The van der Waals surface area contributed by atoms with Gasteiger partial charge in [-0.1, -0.05) is 29.8 Å². The highest BCUT2D eigenvalue weighted by Gasteiger charge is 2.30. The van der Waals surface area contributed by atoms with Gasteiger partial charge in [0.25, 0.3) is 5.91 Å². The van der Waals surface area contributed by atoms with Crippen LogP contribution in [0.1, 0.15) is 27.4 Å². The summed E-state index contributed by atoms with van der Waals surface area (Å²) in [6.45, 7) is 3.84. The highest BCUT2D eigenvalue weighted by atomic mass is 32.2. The predicted octanol–water partition coefficient (Wildman–Crippen LogP) is 3.30. The minimum Gasteiger partial charge on any atom is -0.370 e. The number of nitrogens with one attached hydrogen (secondary N) is 1. The molecule has 1 N–H and O–H groups in total. The molecule has 0 saturated carbocycles. The van der Waals surface area contributed by atoms with Gasteiger partial charge >= 0.3 is 0 Å². The monoisotopic (exact) mass is 471 g/mol. The molecule has 3 aromatic rings. The first kappa shape index (κ1) is 22.2. The van der Waals surface area contributed by atoms with Crippen LogP contribution in [0.3, 0.4) is 0 Å². The number of nitriles is 1. The minimum atomic E-state index is -0.432. The molecule has 7 nitrogen and oxygen atoms in total. The molecule has 2 amide bonds. The van der Waals surface area contributed by atoms with Crippen molar-refractivity contribution in [3.05, 3.63) is 71.4 Å². The number of carbonyl (C=O) groups excluding carboxylic acids is 2. The molecule has 0 spiro atoms. The smallest absolute Gasteiger partial charge is 0.252 e. The average Bonchev–Trinajstić information content (AvgIpc) is 3.30. The van der Waals surface area contributed by atoms with E-state index in [0.29, 0.717) is 23.1 Å². The molecule has 0 radical (unpaired) electrons. The summed E-state index contributed by atoms with van der Waals surface area (Å²) in [5.41, 5.74) is 4.91. The Hall–Kier alpha value is -3.57. The molecule has 1 aromatic heterocycles. The topological polar surface area (TPSA) is 89.3 Å². The van der Waals surface area contributed by atoms with Gasteiger partial charge in [0.1, 0.15) is 6.04 Å². The van der Waals surface area contributed by atoms with Crippen LogP contribution < -0.4 is 10.2 Å². The maximum atomic E-state index is 13.0. The van der Waals surface area contributed by atoms with E-state index in [9.17, 15) is 14.9 Å². The van der Waals surface area contributed by atoms with Crippen molar-refractivity contribution in [3.63, 3.8) is 0 Å². The Bertz CT molecular complexity index is 1300. The molecule has 0 unspecified atom stereocenters. The molecular formula is C26H25N5O2S. The quantitative estimate of drug-likeness (QED) is 0.614. The summed E-state index contributed by atoms with van der Waals surface area (Å²) in [6.07, 6.45) is 1.61. The Balaban J connectivity index is 1.29. The zero-order valence-corrected chi connectivity index (χ0v) is 19.7. The second-order valence-corrected chi connectivity index (χ2v) is 9.77. The van der Waals surface area contributed by atoms with Gasteiger partial charge in [-0.15, -0.1) is 11.8 Å². The Morgan fingerprint density at radius 1 is 1.21 bits per heavy atom. The minimum absolute atomic E-state index is 0.134. The fourth-order valence-electron chi connectivity index (χ4n) is 4.50. The van der Waals surface area contributed by atoms with E-state index in [2.05, 4.69) is 52.5 Å². The van der Waals surface area contributed by atoms with Gasteiger partial charge in [-0.3, -0.25) is 14.6 Å². The van der Waals surface area contributed by atoms with E-state index in [0.717, 1.165) is 29.7 Å². The SMILES string of the molecule is Cc1cccc(C2CN(c3ccc4nccc(C(=O)NCC(=O)N5CSC[C@H]5C#N)c4c3)C2)c1. The van der Waals surface area contributed by atoms with Crippen LogP contribution in [0, 0.1) is 18.3 Å². The third-order valence-electron chi connectivity index (χ3n) is 6.48. The van der Waals surface area contributed by atoms with Gasteiger partial charge in [0.2, 0.25) is 5.91 Å². The molecular weight excluding hydrogens is 446 g/mol. The number of hydrogen-bond donors (Lipinski definition) is 1. The molecule has 2 saturated heterocycles. The summed E-state index contributed by atoms with van der Waals surface area (Å²) in [5, 5.41) is 12.7. The predicted molar refractivity (Wildman–Crippen MR) is 134 cm³/mol. The van der Waals surface area contributed by atoms with Crippen molar-refractivity contribution in [2.45, 2.75) is 18.9 Å². The van der Waals surface area contributed by atoms with Gasteiger partial charge in [-0.05, 0) is 36.8 Å². The summed E-state index contributed by atoms with van der Waals surface area (Å²) in [6, 6.07) is 18.0. The Labute approximate surface area is 202 Å². The van der Waals surface area contributed by atoms with Crippen molar-refractivity contribution in [2.75, 3.05) is 36.2 Å². The summed E-state index contributed by atoms with van der Waals surface area (Å²) >= 11 is 1.54. The van der Waals surface area contributed by atoms with E-state index in [1.165, 1.54) is 16.0 Å². The molecule has 5 rings (SSSR count). The molecule has 2 aliphatic rings. The van der Waals surface area contributed by atoms with Crippen LogP contribution >= 0.6 is 11.8 Å². The maximum Gasteiger partial charge on any atom is 0.252 e. The van der Waals surface area contributed by atoms with E-state index < -0.39 is 6.04 Å². The van der Waals surface area contributed by atoms with Crippen LogP contribution in [0.15, 0.2) is 54.7 Å². The lowest BCUT2D eigenvalue weighted by atomic mass is 9.90. The molecule has 34 heavy (non-hydrogen) atoms. The van der Waals surface area contributed by atoms with Gasteiger partial charge < -0.3 is 15.1 Å². The van der Waals surface area contributed by atoms with Crippen molar-refractivity contribution in [1.29, 1.82) is 5.26 Å².